The first-order chi connectivity index (χ1) is 15.2. The molecule has 0 saturated carbocycles. The molecule has 3 rings (SSSR count). The number of carbonyl (C=O) groups excluding carboxylic acids is 1. The van der Waals surface area contributed by atoms with E-state index in [4.69, 9.17) is 19.5 Å². The smallest absolute Gasteiger partial charge is 0.426 e. The maximum Gasteiger partial charge on any atom is 0.475 e. The molecule has 0 spiro atoms. The summed E-state index contributed by atoms with van der Waals surface area (Å²) in [4.78, 5) is 22.1. The van der Waals surface area contributed by atoms with Crippen LogP contribution >= 0.6 is 7.60 Å². The van der Waals surface area contributed by atoms with Gasteiger partial charge in [0.05, 0.1) is 4.92 Å². The number of hydrogen-bond acceptors (Lipinski definition) is 7. The van der Waals surface area contributed by atoms with E-state index >= 15 is 0 Å². The normalized spacial score (nSPS) is 11.9. The van der Waals surface area contributed by atoms with Gasteiger partial charge in [-0.25, -0.2) is 9.36 Å². The molecule has 32 heavy (non-hydrogen) atoms. The average Bonchev–Trinajstić information content (AvgIpc) is 2.75. The molecular formula is C22H21N2O7P. The van der Waals surface area contributed by atoms with Crippen LogP contribution in [0.4, 0.5) is 10.5 Å². The average molecular weight is 456 g/mol. The Balaban J connectivity index is 2.07. The summed E-state index contributed by atoms with van der Waals surface area (Å²) in [7, 11) is -4.31. The predicted octanol–water partition coefficient (Wildman–Crippen LogP) is 5.66. The molecule has 10 heteroatoms. The van der Waals surface area contributed by atoms with Crippen LogP contribution in [0.1, 0.15) is 22.5 Å². The zero-order valence-corrected chi connectivity index (χ0v) is 18.2. The van der Waals surface area contributed by atoms with Crippen LogP contribution in [-0.2, 0) is 9.30 Å². The van der Waals surface area contributed by atoms with E-state index in [9.17, 15) is 19.5 Å². The van der Waals surface area contributed by atoms with Gasteiger partial charge in [0.15, 0.2) is 0 Å². The van der Waals surface area contributed by atoms with Gasteiger partial charge in [-0.2, -0.15) is 0 Å². The first-order valence-electron chi connectivity index (χ1n) is 9.49. The van der Waals surface area contributed by atoms with E-state index in [1.807, 2.05) is 13.8 Å². The molecule has 9 nitrogen and oxygen atoms in total. The maximum atomic E-state index is 14.1. The van der Waals surface area contributed by atoms with Crippen molar-refractivity contribution in [2.24, 2.45) is 5.73 Å². The van der Waals surface area contributed by atoms with Crippen LogP contribution in [0, 0.1) is 24.0 Å². The lowest BCUT2D eigenvalue weighted by Crippen LogP contribution is -2.21. The molecule has 1 atom stereocenters. The number of primary amides is 1. The zero-order chi connectivity index (χ0) is 23.3. The number of hydrogen-bond donors (Lipinski definition) is 1. The highest BCUT2D eigenvalue weighted by Crippen LogP contribution is 2.60. The molecule has 0 bridgehead atoms. The Kier molecular flexibility index (Phi) is 6.80. The number of aryl methyl sites for hydroxylation is 2. The summed E-state index contributed by atoms with van der Waals surface area (Å²) in [6.45, 7) is 3.75. The first kappa shape index (κ1) is 22.8. The maximum absolute atomic E-state index is 14.1. The predicted molar refractivity (Wildman–Crippen MR) is 118 cm³/mol. The lowest BCUT2D eigenvalue weighted by atomic mass is 10.2. The van der Waals surface area contributed by atoms with Crippen molar-refractivity contribution in [1.82, 2.24) is 0 Å². The number of non-ortho nitro benzene ring substituents is 1. The van der Waals surface area contributed by atoms with Crippen molar-refractivity contribution >= 4 is 19.4 Å². The van der Waals surface area contributed by atoms with Crippen LogP contribution in [0.5, 0.6) is 11.5 Å². The number of amides is 1. The third-order valence-electron chi connectivity index (χ3n) is 4.41. The topological polar surface area (TPSA) is 131 Å². The number of nitrogens with zero attached hydrogens (tertiary/aromatic N) is 1. The Morgan fingerprint density at radius 1 is 0.875 bits per heavy atom. The highest BCUT2D eigenvalue weighted by molar-refractivity contribution is 7.54. The largest absolute Gasteiger partial charge is 0.475 e. The van der Waals surface area contributed by atoms with Crippen LogP contribution in [0.15, 0.2) is 72.8 Å². The number of rotatable bonds is 8. The van der Waals surface area contributed by atoms with Gasteiger partial charge >= 0.3 is 13.7 Å². The summed E-state index contributed by atoms with van der Waals surface area (Å²) in [6.07, 6.45) is -1.21. The molecule has 1 unspecified atom stereocenters. The van der Waals surface area contributed by atoms with Gasteiger partial charge in [-0.1, -0.05) is 35.4 Å². The minimum atomic E-state index is -4.31. The fraction of sp³-hybridized carbons (Fsp3) is 0.136. The summed E-state index contributed by atoms with van der Waals surface area (Å²) >= 11 is 0. The van der Waals surface area contributed by atoms with Crippen LogP contribution in [0.2, 0.25) is 0 Å². The monoisotopic (exact) mass is 456 g/mol. The third-order valence-corrected chi connectivity index (χ3v) is 6.32. The number of ether oxygens (including phenoxy) is 1. The summed E-state index contributed by atoms with van der Waals surface area (Å²) in [5.74, 6) is -1.15. The number of nitro benzene ring substituents is 1. The molecule has 0 aliphatic heterocycles. The molecule has 0 aliphatic rings. The Hall–Kier alpha value is -3.84. The van der Waals surface area contributed by atoms with Crippen molar-refractivity contribution in [2.75, 3.05) is 0 Å². The van der Waals surface area contributed by atoms with Crippen molar-refractivity contribution in [3.63, 3.8) is 0 Å². The SMILES string of the molecule is Cc1ccc(OP(=O)(Oc2ccc(C)cc2)C(OC(N)=O)c2ccc([N+](=O)[O-])cc2)cc1. The summed E-state index contributed by atoms with van der Waals surface area (Å²) < 4.78 is 30.7. The van der Waals surface area contributed by atoms with Gasteiger partial charge in [0.2, 0.25) is 0 Å². The van der Waals surface area contributed by atoms with E-state index in [1.165, 1.54) is 24.3 Å². The Bertz CT molecular complexity index is 1090. The number of carbonyl (C=O) groups is 1. The van der Waals surface area contributed by atoms with Gasteiger partial charge in [-0.3, -0.25) is 10.1 Å². The van der Waals surface area contributed by atoms with Crippen molar-refractivity contribution in [1.29, 1.82) is 0 Å². The molecular weight excluding hydrogens is 435 g/mol. The van der Waals surface area contributed by atoms with E-state index in [1.54, 1.807) is 48.5 Å². The quantitative estimate of drug-likeness (QED) is 0.263. The molecule has 3 aromatic rings. The zero-order valence-electron chi connectivity index (χ0n) is 17.3. The molecule has 0 aliphatic carbocycles. The Morgan fingerprint density at radius 3 is 1.69 bits per heavy atom. The van der Waals surface area contributed by atoms with Gasteiger partial charge in [0, 0.05) is 17.7 Å². The number of nitro groups is 1. The molecule has 2 N–H and O–H groups in total. The lowest BCUT2D eigenvalue weighted by molar-refractivity contribution is -0.384. The van der Waals surface area contributed by atoms with Crippen molar-refractivity contribution in [2.45, 2.75) is 19.7 Å². The van der Waals surface area contributed by atoms with E-state index in [0.717, 1.165) is 11.1 Å². The first-order valence-corrected chi connectivity index (χ1v) is 11.1. The van der Waals surface area contributed by atoms with Crippen LogP contribution in [0.25, 0.3) is 0 Å². The Morgan fingerprint density at radius 2 is 1.31 bits per heavy atom. The second-order valence-corrected chi connectivity index (χ2v) is 8.90. The fourth-order valence-electron chi connectivity index (χ4n) is 2.79. The molecule has 0 saturated heterocycles. The second kappa shape index (κ2) is 9.53. The minimum Gasteiger partial charge on any atom is -0.426 e. The van der Waals surface area contributed by atoms with E-state index in [2.05, 4.69) is 0 Å². The molecule has 1 amide bonds. The fourth-order valence-corrected chi connectivity index (χ4v) is 4.62. The van der Waals surface area contributed by atoms with Crippen molar-refractivity contribution in [3.05, 3.63) is 99.6 Å². The van der Waals surface area contributed by atoms with Crippen LogP contribution in [-0.4, -0.2) is 11.0 Å². The van der Waals surface area contributed by atoms with Crippen LogP contribution < -0.4 is 14.8 Å². The Labute approximate surface area is 184 Å². The molecule has 0 fully saturated rings. The highest BCUT2D eigenvalue weighted by Gasteiger charge is 2.44. The third kappa shape index (κ3) is 5.65. The molecule has 166 valence electrons. The van der Waals surface area contributed by atoms with Crippen molar-refractivity contribution < 1.29 is 28.1 Å². The van der Waals surface area contributed by atoms with Gasteiger partial charge < -0.3 is 19.5 Å². The summed E-state index contributed by atoms with van der Waals surface area (Å²) in [5, 5.41) is 11.0. The molecule has 3 aromatic carbocycles. The molecule has 0 radical (unpaired) electrons. The van der Waals surface area contributed by atoms with Gasteiger partial charge in [0.25, 0.3) is 11.5 Å². The summed E-state index contributed by atoms with van der Waals surface area (Å²) in [5.41, 5.74) is 7.09. The van der Waals surface area contributed by atoms with E-state index in [0.29, 0.717) is 0 Å². The second-order valence-electron chi connectivity index (χ2n) is 6.99. The van der Waals surface area contributed by atoms with Crippen LogP contribution in [0.3, 0.4) is 0 Å². The summed E-state index contributed by atoms with van der Waals surface area (Å²) in [6, 6.07) is 18.4. The highest BCUT2D eigenvalue weighted by atomic mass is 31.2. The molecule has 0 aromatic heterocycles. The van der Waals surface area contributed by atoms with Gasteiger partial charge in [-0.05, 0) is 50.2 Å². The number of nitrogens with two attached hydrogens (primary N) is 1. The minimum absolute atomic E-state index is 0.150. The van der Waals surface area contributed by atoms with Gasteiger partial charge in [0.1, 0.15) is 11.5 Å². The van der Waals surface area contributed by atoms with E-state index in [-0.39, 0.29) is 22.7 Å². The number of benzene rings is 3. The van der Waals surface area contributed by atoms with E-state index < -0.39 is 24.5 Å². The van der Waals surface area contributed by atoms with Crippen molar-refractivity contribution in [3.8, 4) is 11.5 Å². The van der Waals surface area contributed by atoms with Gasteiger partial charge in [-0.15, -0.1) is 0 Å². The molecule has 0 heterocycles. The standard InChI is InChI=1S/C22H21N2O7P/c1-15-3-11-19(12-4-15)30-32(28,31-20-13-5-16(2)6-14-20)21(29-22(23)25)17-7-9-18(10-8-17)24(26)27/h3-14,21H,1-2H3,(H2,23,25). The lowest BCUT2D eigenvalue weighted by Gasteiger charge is -2.27.